The van der Waals surface area contributed by atoms with Crippen LogP contribution in [0.15, 0.2) is 77.0 Å². The van der Waals surface area contributed by atoms with Crippen LogP contribution in [-0.2, 0) is 22.7 Å². The lowest BCUT2D eigenvalue weighted by molar-refractivity contribution is -0.137. The summed E-state index contributed by atoms with van der Waals surface area (Å²) in [6.07, 6.45) is 2.62. The van der Waals surface area contributed by atoms with E-state index < -0.39 is 5.41 Å². The molecule has 0 bridgehead atoms. The number of aromatic nitrogens is 1. The average Bonchev–Trinajstić information content (AvgIpc) is 3.47. The molecule has 4 aromatic rings. The molecule has 2 aromatic carbocycles. The highest BCUT2D eigenvalue weighted by molar-refractivity contribution is 7.10. The molecule has 1 aliphatic rings. The Labute approximate surface area is 232 Å². The summed E-state index contributed by atoms with van der Waals surface area (Å²) in [5.74, 6) is -0.403. The third-order valence-corrected chi connectivity index (χ3v) is 8.60. The fourth-order valence-electron chi connectivity index (χ4n) is 5.31. The number of thiophene rings is 1. The highest BCUT2D eigenvalue weighted by Crippen LogP contribution is 2.39. The Hall–Kier alpha value is -3.75. The van der Waals surface area contributed by atoms with Crippen molar-refractivity contribution in [1.82, 2.24) is 9.88 Å². The van der Waals surface area contributed by atoms with Crippen LogP contribution in [-0.4, -0.2) is 30.0 Å². The van der Waals surface area contributed by atoms with Crippen molar-refractivity contribution in [3.05, 3.63) is 93.0 Å². The van der Waals surface area contributed by atoms with E-state index in [4.69, 9.17) is 0 Å². The van der Waals surface area contributed by atoms with E-state index in [1.165, 1.54) is 4.88 Å². The Morgan fingerprint density at radius 3 is 2.49 bits per heavy atom. The molecular formula is C31H34N4O3S. The number of pyridine rings is 1. The topological polar surface area (TPSA) is 74.7 Å². The predicted octanol–water partition coefficient (Wildman–Crippen LogP) is 5.34. The molecule has 1 atom stereocenters. The molecular weight excluding hydrogens is 508 g/mol. The normalized spacial score (nSPS) is 15.9. The smallest absolute Gasteiger partial charge is 0.258 e. The number of hydrogen-bond acceptors (Lipinski definition) is 5. The first-order valence-corrected chi connectivity index (χ1v) is 14.2. The van der Waals surface area contributed by atoms with Gasteiger partial charge in [-0.2, -0.15) is 0 Å². The Morgan fingerprint density at radius 1 is 0.949 bits per heavy atom. The first kappa shape index (κ1) is 26.8. The first-order valence-electron chi connectivity index (χ1n) is 13.3. The third kappa shape index (κ3) is 5.02. The van der Waals surface area contributed by atoms with E-state index in [2.05, 4.69) is 16.8 Å². The van der Waals surface area contributed by atoms with Crippen LogP contribution in [0.3, 0.4) is 0 Å². The summed E-state index contributed by atoms with van der Waals surface area (Å²) in [7, 11) is 1.74. The number of nitrogens with one attached hydrogen (secondary N) is 1. The Morgan fingerprint density at radius 2 is 1.74 bits per heavy atom. The highest BCUT2D eigenvalue weighted by Gasteiger charge is 2.45. The number of aryl methyl sites for hydroxylation is 1. The lowest BCUT2D eigenvalue weighted by Gasteiger charge is -2.27. The van der Waals surface area contributed by atoms with Gasteiger partial charge in [0, 0.05) is 49.2 Å². The van der Waals surface area contributed by atoms with Crippen LogP contribution >= 0.6 is 11.3 Å². The lowest BCUT2D eigenvalue weighted by atomic mass is 9.90. The van der Waals surface area contributed by atoms with Gasteiger partial charge in [-0.15, -0.1) is 11.3 Å². The number of benzene rings is 2. The van der Waals surface area contributed by atoms with Crippen molar-refractivity contribution >= 4 is 45.3 Å². The fourth-order valence-corrected chi connectivity index (χ4v) is 6.14. The predicted molar refractivity (Wildman–Crippen MR) is 158 cm³/mol. The maximum Gasteiger partial charge on any atom is 0.258 e. The second-order valence-electron chi connectivity index (χ2n) is 10.5. The summed E-state index contributed by atoms with van der Waals surface area (Å²) < 4.78 is 1.78. The SMILES string of the molecule is CCN1C(=O)C(C)(C)C(=O)N(C)c2cc(CNC(CCn3ccc4ccccc4c3=O)c3cccs3)ccc21. The second-order valence-corrected chi connectivity index (χ2v) is 11.5. The van der Waals surface area contributed by atoms with Gasteiger partial charge in [0.05, 0.1) is 11.4 Å². The molecule has 3 heterocycles. The van der Waals surface area contributed by atoms with E-state index in [1.54, 1.807) is 46.6 Å². The van der Waals surface area contributed by atoms with Crippen molar-refractivity contribution in [1.29, 1.82) is 0 Å². The summed E-state index contributed by atoms with van der Waals surface area (Å²) >= 11 is 1.69. The number of hydrogen-bond donors (Lipinski definition) is 1. The van der Waals surface area contributed by atoms with Crippen molar-refractivity contribution in [3.8, 4) is 0 Å². The van der Waals surface area contributed by atoms with E-state index in [0.717, 1.165) is 34.1 Å². The number of carbonyl (C=O) groups excluding carboxylic acids is 2. The van der Waals surface area contributed by atoms with E-state index >= 15 is 0 Å². The first-order chi connectivity index (χ1) is 18.7. The summed E-state index contributed by atoms with van der Waals surface area (Å²) in [6, 6.07) is 19.8. The molecule has 1 unspecified atom stereocenters. The zero-order chi connectivity index (χ0) is 27.7. The van der Waals surface area contributed by atoms with Crippen molar-refractivity contribution in [2.75, 3.05) is 23.4 Å². The van der Waals surface area contributed by atoms with Crippen molar-refractivity contribution < 1.29 is 9.59 Å². The molecule has 1 N–H and O–H groups in total. The molecule has 2 amide bonds. The number of rotatable bonds is 8. The van der Waals surface area contributed by atoms with Gasteiger partial charge in [-0.3, -0.25) is 14.4 Å². The molecule has 39 heavy (non-hydrogen) atoms. The second kappa shape index (κ2) is 10.8. The van der Waals surface area contributed by atoms with Crippen molar-refractivity contribution in [2.24, 2.45) is 5.41 Å². The van der Waals surface area contributed by atoms with E-state index in [1.807, 2.05) is 67.7 Å². The van der Waals surface area contributed by atoms with Crippen LogP contribution in [0.5, 0.6) is 0 Å². The van der Waals surface area contributed by atoms with Crippen LogP contribution < -0.4 is 20.7 Å². The van der Waals surface area contributed by atoms with Gasteiger partial charge in [-0.05, 0) is 73.9 Å². The molecule has 0 aliphatic carbocycles. The fraction of sp³-hybridized carbons (Fsp3) is 0.323. The summed E-state index contributed by atoms with van der Waals surface area (Å²) in [5.41, 5.74) is 1.39. The number of anilines is 2. The molecule has 0 saturated carbocycles. The molecule has 5 rings (SSSR count). The molecule has 7 nitrogen and oxygen atoms in total. The standard InChI is InChI=1S/C31H34N4O3S/c1-5-35-25-13-12-21(19-26(25)33(4)29(37)31(2,3)30(35)38)20-32-24(27-11-8-18-39-27)15-17-34-16-14-22-9-6-7-10-23(22)28(34)36/h6-14,16,18-19,24,32H,5,15,17,20H2,1-4H3. The van der Waals surface area contributed by atoms with Crippen LogP contribution in [0.1, 0.15) is 43.7 Å². The molecule has 1 aliphatic heterocycles. The van der Waals surface area contributed by atoms with Crippen LogP contribution in [0, 0.1) is 5.41 Å². The average molecular weight is 543 g/mol. The van der Waals surface area contributed by atoms with Gasteiger partial charge in [0.2, 0.25) is 11.8 Å². The summed E-state index contributed by atoms with van der Waals surface area (Å²) in [6.45, 7) is 6.96. The van der Waals surface area contributed by atoms with Gasteiger partial charge < -0.3 is 19.7 Å². The number of carbonyl (C=O) groups is 2. The highest BCUT2D eigenvalue weighted by atomic mass is 32.1. The largest absolute Gasteiger partial charge is 0.315 e. The quantitative estimate of drug-likeness (QED) is 0.305. The Balaban J connectivity index is 1.37. The van der Waals surface area contributed by atoms with Gasteiger partial charge in [0.15, 0.2) is 0 Å². The van der Waals surface area contributed by atoms with E-state index in [-0.39, 0.29) is 23.4 Å². The third-order valence-electron chi connectivity index (χ3n) is 7.61. The van der Waals surface area contributed by atoms with E-state index in [9.17, 15) is 14.4 Å². The van der Waals surface area contributed by atoms with Gasteiger partial charge in [-0.1, -0.05) is 30.3 Å². The molecule has 202 valence electrons. The van der Waals surface area contributed by atoms with Crippen LogP contribution in [0.25, 0.3) is 10.8 Å². The van der Waals surface area contributed by atoms with Gasteiger partial charge in [-0.25, -0.2) is 0 Å². The molecule has 2 aromatic heterocycles. The van der Waals surface area contributed by atoms with Crippen LogP contribution in [0.4, 0.5) is 11.4 Å². The molecule has 8 heteroatoms. The van der Waals surface area contributed by atoms with Gasteiger partial charge >= 0.3 is 0 Å². The maximum absolute atomic E-state index is 13.2. The molecule has 0 spiro atoms. The molecule has 0 radical (unpaired) electrons. The zero-order valence-electron chi connectivity index (χ0n) is 22.8. The maximum atomic E-state index is 13.2. The van der Waals surface area contributed by atoms with Crippen molar-refractivity contribution in [2.45, 2.75) is 46.3 Å². The summed E-state index contributed by atoms with van der Waals surface area (Å²) in [5, 5.41) is 7.42. The van der Waals surface area contributed by atoms with Crippen molar-refractivity contribution in [3.63, 3.8) is 0 Å². The lowest BCUT2D eigenvalue weighted by Crippen LogP contribution is -2.47. The number of amides is 2. The number of fused-ring (bicyclic) bond motifs is 2. The minimum Gasteiger partial charge on any atom is -0.315 e. The number of nitrogens with zero attached hydrogens (tertiary/aromatic N) is 3. The minimum atomic E-state index is -1.13. The Kier molecular flexibility index (Phi) is 7.42. The summed E-state index contributed by atoms with van der Waals surface area (Å²) in [4.78, 5) is 43.9. The van der Waals surface area contributed by atoms with Gasteiger partial charge in [0.1, 0.15) is 5.41 Å². The Bertz CT molecular complexity index is 1570. The van der Waals surface area contributed by atoms with E-state index in [0.29, 0.717) is 19.6 Å². The van der Waals surface area contributed by atoms with Gasteiger partial charge in [0.25, 0.3) is 5.56 Å². The zero-order valence-corrected chi connectivity index (χ0v) is 23.6. The molecule has 0 saturated heterocycles. The van der Waals surface area contributed by atoms with Crippen LogP contribution in [0.2, 0.25) is 0 Å². The minimum absolute atomic E-state index is 0.0226. The monoisotopic (exact) mass is 542 g/mol. The molecule has 0 fully saturated rings.